The highest BCUT2D eigenvalue weighted by Gasteiger charge is 2.26. The number of nitrogens with two attached hydrogens (primary N) is 1. The van der Waals surface area contributed by atoms with Crippen molar-refractivity contribution in [2.24, 2.45) is 5.73 Å². The third-order valence-corrected chi connectivity index (χ3v) is 5.54. The molecule has 9 heteroatoms. The fourth-order valence-electron chi connectivity index (χ4n) is 3.28. The molecule has 1 aliphatic heterocycles. The zero-order valence-corrected chi connectivity index (χ0v) is 18.9. The second-order valence-corrected chi connectivity index (χ2v) is 8.05. The number of benzene rings is 3. The van der Waals surface area contributed by atoms with Gasteiger partial charge < -0.3 is 16.0 Å². The van der Waals surface area contributed by atoms with Crippen LogP contribution in [0.25, 0.3) is 11.1 Å². The van der Waals surface area contributed by atoms with Gasteiger partial charge in [0.25, 0.3) is 0 Å². The minimum atomic E-state index is -0.962. The van der Waals surface area contributed by atoms with E-state index in [1.54, 1.807) is 36.4 Å². The van der Waals surface area contributed by atoms with Crippen molar-refractivity contribution >= 4 is 49.5 Å². The van der Waals surface area contributed by atoms with Crippen LogP contribution in [0.5, 0.6) is 0 Å². The van der Waals surface area contributed by atoms with E-state index >= 15 is 0 Å². The molecule has 0 aromatic heterocycles. The fraction of sp³-hybridized carbons (Fsp3) is 0.130. The quantitative estimate of drug-likeness (QED) is 0.518. The Morgan fingerprint density at radius 2 is 1.69 bits per heavy atom. The molecule has 1 aliphatic rings. The van der Waals surface area contributed by atoms with Gasteiger partial charge >= 0.3 is 6.03 Å². The Balaban J connectivity index is 0.000000222. The highest BCUT2D eigenvalue weighted by atomic mass is 35.5. The zero-order valence-electron chi connectivity index (χ0n) is 16.9. The summed E-state index contributed by atoms with van der Waals surface area (Å²) in [5, 5.41) is 3.83. The van der Waals surface area contributed by atoms with E-state index in [4.69, 9.17) is 17.3 Å². The van der Waals surface area contributed by atoms with Gasteiger partial charge in [-0.1, -0.05) is 35.9 Å². The van der Waals surface area contributed by atoms with Gasteiger partial charge in [0.1, 0.15) is 0 Å². The van der Waals surface area contributed by atoms with E-state index in [0.717, 1.165) is 5.30 Å². The lowest BCUT2D eigenvalue weighted by molar-refractivity contribution is -0.117. The molecular weight excluding hydrogens is 455 g/mol. The van der Waals surface area contributed by atoms with Crippen molar-refractivity contribution < 1.29 is 18.4 Å². The number of anilines is 2. The summed E-state index contributed by atoms with van der Waals surface area (Å²) in [6.45, 7) is 0.439. The predicted molar refractivity (Wildman–Crippen MR) is 127 cm³/mol. The second kappa shape index (κ2) is 10.5. The molecule has 3 aromatic carbocycles. The lowest BCUT2D eigenvalue weighted by Gasteiger charge is -2.18. The molecule has 5 nitrogen and oxygen atoms in total. The van der Waals surface area contributed by atoms with E-state index in [1.807, 2.05) is 12.1 Å². The van der Waals surface area contributed by atoms with Gasteiger partial charge in [-0.2, -0.15) is 0 Å². The Morgan fingerprint density at radius 1 is 1.00 bits per heavy atom. The van der Waals surface area contributed by atoms with Gasteiger partial charge in [0.15, 0.2) is 11.6 Å². The van der Waals surface area contributed by atoms with E-state index in [9.17, 15) is 18.4 Å². The largest absolute Gasteiger partial charge is 0.351 e. The van der Waals surface area contributed by atoms with Crippen LogP contribution in [-0.2, 0) is 4.79 Å². The molecule has 1 saturated heterocycles. The molecule has 32 heavy (non-hydrogen) atoms. The number of urea groups is 1. The molecule has 1 heterocycles. The van der Waals surface area contributed by atoms with Crippen LogP contribution in [0.1, 0.15) is 12.8 Å². The molecule has 0 bridgehead atoms. The first-order valence-corrected chi connectivity index (χ1v) is 10.7. The monoisotopic (exact) mass is 475 g/mol. The van der Waals surface area contributed by atoms with Crippen molar-refractivity contribution in [3.63, 3.8) is 0 Å². The number of primary amides is 1. The number of hydrogen-bond acceptors (Lipinski definition) is 2. The van der Waals surface area contributed by atoms with Gasteiger partial charge in [-0.3, -0.25) is 4.79 Å². The highest BCUT2D eigenvalue weighted by Crippen LogP contribution is 2.32. The van der Waals surface area contributed by atoms with E-state index in [0.29, 0.717) is 35.7 Å². The number of rotatable bonds is 3. The summed E-state index contributed by atoms with van der Waals surface area (Å²) in [4.78, 5) is 23.3. The summed E-state index contributed by atoms with van der Waals surface area (Å²) in [6, 6.07) is 16.3. The molecule has 0 radical (unpaired) electrons. The maximum atomic E-state index is 14.4. The van der Waals surface area contributed by atoms with Crippen LogP contribution < -0.4 is 21.3 Å². The van der Waals surface area contributed by atoms with Gasteiger partial charge in [0.2, 0.25) is 5.91 Å². The fourth-order valence-corrected chi connectivity index (χ4v) is 3.77. The minimum absolute atomic E-state index is 0.0278. The molecule has 4 rings (SSSR count). The first kappa shape index (κ1) is 23.6. The molecule has 1 fully saturated rings. The SMILES string of the molecule is NC(=O)Nc1ccc(Cl)cc1.O=C1CCCN1c1ccc(-c2ccccc2P)c(F)c1F. The number of carbonyl (C=O) groups is 2. The molecule has 166 valence electrons. The van der Waals surface area contributed by atoms with Gasteiger partial charge in [-0.15, -0.1) is 9.24 Å². The third kappa shape index (κ3) is 5.61. The van der Waals surface area contributed by atoms with Crippen LogP contribution in [0.3, 0.4) is 0 Å². The topological polar surface area (TPSA) is 75.4 Å². The lowest BCUT2D eigenvalue weighted by atomic mass is 10.0. The van der Waals surface area contributed by atoms with E-state index in [2.05, 4.69) is 14.6 Å². The summed E-state index contributed by atoms with van der Waals surface area (Å²) in [5.41, 5.74) is 6.37. The maximum absolute atomic E-state index is 14.4. The van der Waals surface area contributed by atoms with Crippen molar-refractivity contribution in [3.05, 3.63) is 77.3 Å². The number of nitrogens with one attached hydrogen (secondary N) is 1. The molecule has 3 aromatic rings. The van der Waals surface area contributed by atoms with Gasteiger partial charge in [-0.05, 0) is 53.7 Å². The summed E-state index contributed by atoms with van der Waals surface area (Å²) in [7, 11) is 2.51. The van der Waals surface area contributed by atoms with E-state index < -0.39 is 17.7 Å². The van der Waals surface area contributed by atoms with E-state index in [1.165, 1.54) is 17.0 Å². The second-order valence-electron chi connectivity index (χ2n) is 6.99. The summed E-state index contributed by atoms with van der Waals surface area (Å²) < 4.78 is 28.7. The van der Waals surface area contributed by atoms with Crippen LogP contribution in [-0.4, -0.2) is 18.5 Å². The number of hydrogen-bond donors (Lipinski definition) is 2. The van der Waals surface area contributed by atoms with Crippen LogP contribution in [0.15, 0.2) is 60.7 Å². The smallest absolute Gasteiger partial charge is 0.316 e. The van der Waals surface area contributed by atoms with E-state index in [-0.39, 0.29) is 17.2 Å². The number of carbonyl (C=O) groups excluding carboxylic acids is 2. The average molecular weight is 476 g/mol. The summed E-state index contributed by atoms with van der Waals surface area (Å²) in [5.74, 6) is -2.04. The van der Waals surface area contributed by atoms with Gasteiger partial charge in [0.05, 0.1) is 5.69 Å². The molecule has 1 atom stereocenters. The van der Waals surface area contributed by atoms with Gasteiger partial charge in [0, 0.05) is 29.2 Å². The maximum Gasteiger partial charge on any atom is 0.316 e. The number of halogens is 3. The van der Waals surface area contributed by atoms with Crippen LogP contribution >= 0.6 is 20.8 Å². The molecule has 3 amide bonds. The Morgan fingerprint density at radius 3 is 2.28 bits per heavy atom. The van der Waals surface area contributed by atoms with Gasteiger partial charge in [-0.25, -0.2) is 13.6 Å². The highest BCUT2D eigenvalue weighted by molar-refractivity contribution is 7.28. The molecule has 3 N–H and O–H groups in total. The first-order valence-electron chi connectivity index (χ1n) is 9.73. The average Bonchev–Trinajstić information content (AvgIpc) is 3.18. The molecule has 0 spiro atoms. The summed E-state index contributed by atoms with van der Waals surface area (Å²) >= 11 is 5.60. The first-order chi connectivity index (χ1) is 15.3. The standard InChI is InChI=1S/C16H14F2NOP.C7H7ClN2O/c17-15-11(10-4-1-2-5-13(10)21)7-8-12(16(15)18)19-9-3-6-14(19)20;8-5-1-3-6(4-2-5)10-7(9)11/h1-2,4-5,7-8H,3,6,9,21H2;1-4H,(H3,9,10,11). The van der Waals surface area contributed by atoms with Crippen LogP contribution in [0.2, 0.25) is 5.02 Å². The van der Waals surface area contributed by atoms with Crippen molar-refractivity contribution in [2.75, 3.05) is 16.8 Å². The Bertz CT molecular complexity index is 1140. The zero-order chi connectivity index (χ0) is 23.3. The Labute approximate surface area is 191 Å². The molecular formula is C23H21ClF2N3O2P. The normalized spacial score (nSPS) is 12.9. The van der Waals surface area contributed by atoms with Crippen LogP contribution in [0.4, 0.5) is 25.0 Å². The Kier molecular flexibility index (Phi) is 7.78. The van der Waals surface area contributed by atoms with Crippen molar-refractivity contribution in [2.45, 2.75) is 12.8 Å². The van der Waals surface area contributed by atoms with Crippen molar-refractivity contribution in [1.82, 2.24) is 0 Å². The minimum Gasteiger partial charge on any atom is -0.351 e. The third-order valence-electron chi connectivity index (χ3n) is 4.79. The predicted octanol–water partition coefficient (Wildman–Crippen LogP) is 5.09. The summed E-state index contributed by atoms with van der Waals surface area (Å²) in [6.07, 6.45) is 1.06. The Hall–Kier alpha value is -3.02. The molecule has 0 saturated carbocycles. The molecule has 0 aliphatic carbocycles. The van der Waals surface area contributed by atoms with Crippen LogP contribution in [0, 0.1) is 11.6 Å². The lowest BCUT2D eigenvalue weighted by Crippen LogP contribution is -2.25. The number of nitrogens with zero attached hydrogens (tertiary/aromatic N) is 1. The molecule has 1 unspecified atom stereocenters. The number of amides is 3. The van der Waals surface area contributed by atoms with Crippen molar-refractivity contribution in [1.29, 1.82) is 0 Å². The van der Waals surface area contributed by atoms with Crippen molar-refractivity contribution in [3.8, 4) is 11.1 Å².